The number of carbonyl (C=O) groups is 1. The molecule has 2 aromatic rings. The van der Waals surface area contributed by atoms with Crippen LogP contribution in [0.3, 0.4) is 0 Å². The number of nitrogens with zero attached hydrogens (tertiary/aromatic N) is 2. The Morgan fingerprint density at radius 1 is 1.30 bits per heavy atom. The molecular weight excluding hydrogens is 453 g/mol. The molecule has 23 heavy (non-hydrogen) atoms. The van der Waals surface area contributed by atoms with Crippen molar-refractivity contribution >= 4 is 50.1 Å². The van der Waals surface area contributed by atoms with Crippen LogP contribution in [-0.2, 0) is 21.4 Å². The van der Waals surface area contributed by atoms with Crippen molar-refractivity contribution in [1.82, 2.24) is 4.57 Å². The Bertz CT molecular complexity index is 921. The first-order valence-corrected chi connectivity index (χ1v) is 9.31. The van der Waals surface area contributed by atoms with Crippen LogP contribution in [0.15, 0.2) is 45.8 Å². The zero-order valence-electron chi connectivity index (χ0n) is 12.0. The number of sulfonamides is 1. The molecule has 0 radical (unpaired) electrons. The van der Waals surface area contributed by atoms with Crippen LogP contribution in [0.25, 0.3) is 0 Å². The largest absolute Gasteiger partial charge is 0.368 e. The normalized spacial score (nSPS) is 12.4. The van der Waals surface area contributed by atoms with Crippen LogP contribution in [0.2, 0.25) is 5.02 Å². The fourth-order valence-corrected chi connectivity index (χ4v) is 3.47. The molecule has 0 bridgehead atoms. The van der Waals surface area contributed by atoms with Crippen LogP contribution in [0.1, 0.15) is 5.56 Å². The summed E-state index contributed by atoms with van der Waals surface area (Å²) in [4.78, 5) is 11.2. The van der Waals surface area contributed by atoms with Crippen LogP contribution in [0.5, 0.6) is 0 Å². The highest BCUT2D eigenvalue weighted by molar-refractivity contribution is 14.1. The van der Waals surface area contributed by atoms with Crippen molar-refractivity contribution in [2.75, 3.05) is 0 Å². The Labute approximate surface area is 152 Å². The summed E-state index contributed by atoms with van der Waals surface area (Å²) in [6, 6.07) is 7.93. The Kier molecular flexibility index (Phi) is 5.48. The van der Waals surface area contributed by atoms with E-state index in [1.807, 2.05) is 29.5 Å². The third-order valence-electron chi connectivity index (χ3n) is 2.93. The maximum absolute atomic E-state index is 12.5. The van der Waals surface area contributed by atoms with Gasteiger partial charge in [0.15, 0.2) is 5.49 Å². The number of aromatic nitrogens is 1. The molecule has 1 aromatic heterocycles. The highest BCUT2D eigenvalue weighted by Crippen LogP contribution is 2.16. The zero-order valence-corrected chi connectivity index (χ0v) is 15.8. The van der Waals surface area contributed by atoms with Gasteiger partial charge in [0, 0.05) is 9.77 Å². The van der Waals surface area contributed by atoms with Gasteiger partial charge in [0.25, 0.3) is 10.0 Å². The third kappa shape index (κ3) is 4.33. The molecule has 1 aromatic carbocycles. The second-order valence-corrected chi connectivity index (χ2v) is 7.92. The van der Waals surface area contributed by atoms with Gasteiger partial charge in [-0.3, -0.25) is 4.79 Å². The number of rotatable bonds is 4. The molecule has 1 amide bonds. The monoisotopic (exact) mass is 465 g/mol. The summed E-state index contributed by atoms with van der Waals surface area (Å²) in [5.41, 5.74) is 6.08. The third-order valence-corrected chi connectivity index (χ3v) is 5.80. The van der Waals surface area contributed by atoms with E-state index in [4.69, 9.17) is 17.3 Å². The minimum atomic E-state index is -3.96. The first kappa shape index (κ1) is 18.0. The van der Waals surface area contributed by atoms with Crippen molar-refractivity contribution in [2.45, 2.75) is 18.4 Å². The number of halogens is 2. The Balaban J connectivity index is 2.68. The number of nitrogens with two attached hydrogens (primary N) is 1. The summed E-state index contributed by atoms with van der Waals surface area (Å²) in [6.07, 6.45) is 1.52. The number of hydrogen-bond acceptors (Lipinski definition) is 3. The van der Waals surface area contributed by atoms with Gasteiger partial charge in [-0.1, -0.05) is 29.3 Å². The molecule has 0 fully saturated rings. The van der Waals surface area contributed by atoms with E-state index >= 15 is 0 Å². The molecule has 2 N–H and O–H groups in total. The van der Waals surface area contributed by atoms with Crippen molar-refractivity contribution < 1.29 is 13.2 Å². The molecule has 6 nitrogen and oxygen atoms in total. The standard InChI is InChI=1S/C14H13ClIN3O3S/c1-9-2-4-10(5-3-9)23(21,22)18-14-13(15)11(16)6-7-19(14)8-12(17)20/h2-7H,8H2,1H3,(H2,17,20). The van der Waals surface area contributed by atoms with E-state index in [9.17, 15) is 13.2 Å². The Morgan fingerprint density at radius 2 is 1.91 bits per heavy atom. The minimum absolute atomic E-state index is 0.0297. The van der Waals surface area contributed by atoms with Crippen LogP contribution in [0.4, 0.5) is 0 Å². The lowest BCUT2D eigenvalue weighted by Crippen LogP contribution is -2.30. The molecule has 9 heteroatoms. The average Bonchev–Trinajstić information content (AvgIpc) is 2.47. The molecule has 0 saturated heterocycles. The van der Waals surface area contributed by atoms with Crippen molar-refractivity contribution in [3.63, 3.8) is 0 Å². The average molecular weight is 466 g/mol. The Hall–Kier alpha value is -1.39. The summed E-state index contributed by atoms with van der Waals surface area (Å²) in [5, 5.41) is 0.144. The van der Waals surface area contributed by atoms with Crippen molar-refractivity contribution in [3.8, 4) is 0 Å². The first-order chi connectivity index (χ1) is 10.7. The molecule has 0 aliphatic heterocycles. The molecule has 0 spiro atoms. The van der Waals surface area contributed by atoms with Gasteiger partial charge in [-0.05, 0) is 47.7 Å². The van der Waals surface area contributed by atoms with E-state index in [1.54, 1.807) is 18.2 Å². The number of primary amides is 1. The molecular formula is C14H13ClIN3O3S. The fourth-order valence-electron chi connectivity index (χ4n) is 1.80. The van der Waals surface area contributed by atoms with Gasteiger partial charge in [-0.25, -0.2) is 0 Å². The number of pyridine rings is 1. The van der Waals surface area contributed by atoms with Crippen LogP contribution >= 0.6 is 34.2 Å². The van der Waals surface area contributed by atoms with Crippen molar-refractivity contribution in [2.24, 2.45) is 10.1 Å². The van der Waals surface area contributed by atoms with Crippen LogP contribution in [0, 0.1) is 10.5 Å². The van der Waals surface area contributed by atoms with Gasteiger partial charge in [-0.15, -0.1) is 4.40 Å². The molecule has 1 heterocycles. The van der Waals surface area contributed by atoms with Crippen LogP contribution < -0.4 is 11.2 Å². The Morgan fingerprint density at radius 3 is 2.48 bits per heavy atom. The van der Waals surface area contributed by atoms with E-state index in [2.05, 4.69) is 4.40 Å². The topological polar surface area (TPSA) is 94.5 Å². The fraction of sp³-hybridized carbons (Fsp3) is 0.143. The second kappa shape index (κ2) is 7.02. The van der Waals surface area contributed by atoms with Gasteiger partial charge in [0.1, 0.15) is 6.54 Å². The molecule has 0 aliphatic rings. The van der Waals surface area contributed by atoms with E-state index in [-0.39, 0.29) is 22.0 Å². The van der Waals surface area contributed by atoms with Gasteiger partial charge in [0.05, 0.1) is 9.92 Å². The smallest absolute Gasteiger partial charge is 0.284 e. The van der Waals surface area contributed by atoms with Gasteiger partial charge in [0.2, 0.25) is 5.91 Å². The summed E-state index contributed by atoms with van der Waals surface area (Å²) in [5.74, 6) is -0.628. The number of hydrogen-bond donors (Lipinski definition) is 1. The maximum Gasteiger partial charge on any atom is 0.284 e. The molecule has 0 aliphatic carbocycles. The summed E-state index contributed by atoms with van der Waals surface area (Å²) < 4.78 is 30.6. The number of carbonyl (C=O) groups excluding carboxylic acids is 1. The summed E-state index contributed by atoms with van der Waals surface area (Å²) in [6.45, 7) is 1.63. The molecule has 0 unspecified atom stereocenters. The number of amides is 1. The lowest BCUT2D eigenvalue weighted by Gasteiger charge is -2.08. The zero-order chi connectivity index (χ0) is 17.2. The molecule has 122 valence electrons. The minimum Gasteiger partial charge on any atom is -0.368 e. The highest BCUT2D eigenvalue weighted by atomic mass is 127. The molecule has 0 saturated carbocycles. The van der Waals surface area contributed by atoms with Gasteiger partial charge in [-0.2, -0.15) is 8.42 Å². The van der Waals surface area contributed by atoms with Crippen LogP contribution in [-0.4, -0.2) is 18.9 Å². The first-order valence-electron chi connectivity index (χ1n) is 6.41. The van der Waals surface area contributed by atoms with E-state index in [1.165, 1.54) is 22.9 Å². The van der Waals surface area contributed by atoms with Crippen molar-refractivity contribution in [1.29, 1.82) is 0 Å². The van der Waals surface area contributed by atoms with Gasteiger partial charge < -0.3 is 10.3 Å². The van der Waals surface area contributed by atoms with E-state index in [0.717, 1.165) is 5.56 Å². The summed E-state index contributed by atoms with van der Waals surface area (Å²) in [7, 11) is -3.96. The molecule has 0 atom stereocenters. The number of benzene rings is 1. The van der Waals surface area contributed by atoms with E-state index in [0.29, 0.717) is 3.57 Å². The highest BCUT2D eigenvalue weighted by Gasteiger charge is 2.15. The lowest BCUT2D eigenvalue weighted by atomic mass is 10.2. The number of aryl methyl sites for hydroxylation is 1. The lowest BCUT2D eigenvalue weighted by molar-refractivity contribution is -0.118. The second-order valence-electron chi connectivity index (χ2n) is 4.77. The SMILES string of the molecule is Cc1ccc(S(=O)(=O)N=c2c(Cl)c(I)ccn2CC(N)=O)cc1. The van der Waals surface area contributed by atoms with E-state index < -0.39 is 15.9 Å². The quantitative estimate of drug-likeness (QED) is 0.698. The molecule has 2 rings (SSSR count). The maximum atomic E-state index is 12.5. The summed E-state index contributed by atoms with van der Waals surface area (Å²) >= 11 is 8.12. The predicted molar refractivity (Wildman–Crippen MR) is 95.3 cm³/mol. The van der Waals surface area contributed by atoms with Gasteiger partial charge >= 0.3 is 0 Å². The van der Waals surface area contributed by atoms with Crippen molar-refractivity contribution in [3.05, 3.63) is 56.2 Å². The predicted octanol–water partition coefficient (Wildman–Crippen LogP) is 1.83.